The summed E-state index contributed by atoms with van der Waals surface area (Å²) in [5.74, 6) is 0.503. The molecule has 0 N–H and O–H groups in total. The first-order chi connectivity index (χ1) is 8.41. The lowest BCUT2D eigenvalue weighted by atomic mass is 9.76. The van der Waals surface area contributed by atoms with E-state index in [1.54, 1.807) is 0 Å². The number of aryl methyl sites for hydroxylation is 1. The number of nitrogens with zero attached hydrogens (tertiary/aromatic N) is 2. The molecule has 0 aliphatic carbocycles. The minimum atomic E-state index is 0.259. The number of aromatic nitrogens is 2. The van der Waals surface area contributed by atoms with Crippen LogP contribution >= 0.6 is 0 Å². The summed E-state index contributed by atoms with van der Waals surface area (Å²) >= 11 is 0. The van der Waals surface area contributed by atoms with Gasteiger partial charge in [0.15, 0.2) is 0 Å². The van der Waals surface area contributed by atoms with Crippen LogP contribution in [0.1, 0.15) is 39.2 Å². The molecule has 0 radical (unpaired) electrons. The minimum absolute atomic E-state index is 0.259. The monoisotopic (exact) mass is 242 g/mol. The van der Waals surface area contributed by atoms with E-state index in [4.69, 9.17) is 0 Å². The highest BCUT2D eigenvalue weighted by atomic mass is 15.0. The van der Waals surface area contributed by atoms with Crippen LogP contribution in [0.5, 0.6) is 0 Å². The topological polar surface area (TPSA) is 17.8 Å². The summed E-state index contributed by atoms with van der Waals surface area (Å²) in [6.07, 6.45) is 3.79. The molecule has 2 heteroatoms. The Bertz CT molecular complexity index is 532. The zero-order valence-electron chi connectivity index (χ0n) is 11.9. The number of imidazole rings is 1. The summed E-state index contributed by atoms with van der Waals surface area (Å²) in [5, 5.41) is 0. The standard InChI is InChI=1S/C16H22N2/c1-12(16(2,3)4)13-8-6-7-9-14(13)15-10-17-11-18(15)5/h6-12H,1-5H3. The van der Waals surface area contributed by atoms with Crippen LogP contribution in [0.3, 0.4) is 0 Å². The van der Waals surface area contributed by atoms with Gasteiger partial charge in [-0.1, -0.05) is 52.0 Å². The third kappa shape index (κ3) is 2.33. The van der Waals surface area contributed by atoms with Crippen LogP contribution in [0.4, 0.5) is 0 Å². The maximum atomic E-state index is 4.22. The molecule has 18 heavy (non-hydrogen) atoms. The van der Waals surface area contributed by atoms with Crippen molar-refractivity contribution in [3.05, 3.63) is 42.4 Å². The second-order valence-corrected chi connectivity index (χ2v) is 6.06. The Morgan fingerprint density at radius 3 is 2.39 bits per heavy atom. The van der Waals surface area contributed by atoms with Gasteiger partial charge in [0.2, 0.25) is 0 Å². The first-order valence-electron chi connectivity index (χ1n) is 6.47. The van der Waals surface area contributed by atoms with E-state index in [0.29, 0.717) is 5.92 Å². The van der Waals surface area contributed by atoms with Crippen LogP contribution in [-0.4, -0.2) is 9.55 Å². The second kappa shape index (κ2) is 4.60. The molecule has 1 aromatic heterocycles. The molecule has 2 nitrogen and oxygen atoms in total. The third-order valence-corrected chi connectivity index (χ3v) is 3.82. The molecule has 2 rings (SSSR count). The van der Waals surface area contributed by atoms with Crippen molar-refractivity contribution in [2.24, 2.45) is 12.5 Å². The maximum absolute atomic E-state index is 4.22. The van der Waals surface area contributed by atoms with E-state index in [1.807, 2.05) is 19.6 Å². The molecular weight excluding hydrogens is 220 g/mol. The Labute approximate surface area is 110 Å². The molecule has 0 fully saturated rings. The molecule has 0 aliphatic heterocycles. The zero-order chi connectivity index (χ0) is 13.3. The minimum Gasteiger partial charge on any atom is -0.334 e. The highest BCUT2D eigenvalue weighted by Crippen LogP contribution is 2.39. The van der Waals surface area contributed by atoms with Crippen LogP contribution in [0.15, 0.2) is 36.8 Å². The predicted octanol–water partition coefficient (Wildman–Crippen LogP) is 4.24. The van der Waals surface area contributed by atoms with Crippen molar-refractivity contribution in [3.63, 3.8) is 0 Å². The molecule has 1 atom stereocenters. The Kier molecular flexibility index (Phi) is 3.29. The highest BCUT2D eigenvalue weighted by molar-refractivity contribution is 5.64. The van der Waals surface area contributed by atoms with Crippen molar-refractivity contribution in [2.45, 2.75) is 33.6 Å². The van der Waals surface area contributed by atoms with Gasteiger partial charge in [-0.15, -0.1) is 0 Å². The Balaban J connectivity index is 2.54. The van der Waals surface area contributed by atoms with Crippen molar-refractivity contribution in [2.75, 3.05) is 0 Å². The summed E-state index contributed by atoms with van der Waals surface area (Å²) < 4.78 is 2.08. The quantitative estimate of drug-likeness (QED) is 0.770. The Morgan fingerprint density at radius 1 is 1.17 bits per heavy atom. The van der Waals surface area contributed by atoms with Crippen molar-refractivity contribution in [3.8, 4) is 11.3 Å². The molecule has 0 saturated carbocycles. The summed E-state index contributed by atoms with van der Waals surface area (Å²) in [7, 11) is 2.04. The fraction of sp³-hybridized carbons (Fsp3) is 0.438. The van der Waals surface area contributed by atoms with E-state index in [9.17, 15) is 0 Å². The molecule has 0 aliphatic rings. The number of benzene rings is 1. The van der Waals surface area contributed by atoms with E-state index < -0.39 is 0 Å². The van der Waals surface area contributed by atoms with Crippen LogP contribution in [0.2, 0.25) is 0 Å². The zero-order valence-corrected chi connectivity index (χ0v) is 11.9. The fourth-order valence-corrected chi connectivity index (χ4v) is 2.19. The molecule has 0 bridgehead atoms. The SMILES string of the molecule is CC(c1ccccc1-c1cncn1C)C(C)(C)C. The number of hydrogen-bond donors (Lipinski definition) is 0. The predicted molar refractivity (Wildman–Crippen MR) is 76.5 cm³/mol. The first-order valence-corrected chi connectivity index (χ1v) is 6.47. The lowest BCUT2D eigenvalue weighted by Gasteiger charge is -2.29. The van der Waals surface area contributed by atoms with E-state index in [-0.39, 0.29) is 5.41 Å². The molecule has 1 aromatic carbocycles. The molecule has 1 unspecified atom stereocenters. The summed E-state index contributed by atoms with van der Waals surface area (Å²) in [6.45, 7) is 9.17. The van der Waals surface area contributed by atoms with Gasteiger partial charge in [-0.25, -0.2) is 4.98 Å². The molecule has 0 amide bonds. The van der Waals surface area contributed by atoms with Crippen molar-refractivity contribution in [1.82, 2.24) is 9.55 Å². The molecule has 0 saturated heterocycles. The van der Waals surface area contributed by atoms with Crippen LogP contribution in [0, 0.1) is 5.41 Å². The van der Waals surface area contributed by atoms with Crippen LogP contribution < -0.4 is 0 Å². The normalized spacial score (nSPS) is 13.6. The molecule has 2 aromatic rings. The fourth-order valence-electron chi connectivity index (χ4n) is 2.19. The number of hydrogen-bond acceptors (Lipinski definition) is 1. The van der Waals surface area contributed by atoms with Gasteiger partial charge in [0.05, 0.1) is 18.2 Å². The van der Waals surface area contributed by atoms with E-state index in [0.717, 1.165) is 0 Å². The molecular formula is C16H22N2. The highest BCUT2D eigenvalue weighted by Gasteiger charge is 2.24. The largest absolute Gasteiger partial charge is 0.334 e. The van der Waals surface area contributed by atoms with Gasteiger partial charge >= 0.3 is 0 Å². The third-order valence-electron chi connectivity index (χ3n) is 3.82. The average Bonchev–Trinajstić information content (AvgIpc) is 2.73. The summed E-state index contributed by atoms with van der Waals surface area (Å²) in [4.78, 5) is 4.22. The molecule has 96 valence electrons. The van der Waals surface area contributed by atoms with Crippen LogP contribution in [-0.2, 0) is 7.05 Å². The maximum Gasteiger partial charge on any atom is 0.0948 e. The van der Waals surface area contributed by atoms with E-state index in [1.165, 1.54) is 16.8 Å². The number of rotatable bonds is 2. The van der Waals surface area contributed by atoms with Gasteiger partial charge in [-0.05, 0) is 16.9 Å². The van der Waals surface area contributed by atoms with Crippen molar-refractivity contribution < 1.29 is 0 Å². The van der Waals surface area contributed by atoms with Crippen LogP contribution in [0.25, 0.3) is 11.3 Å². The van der Waals surface area contributed by atoms with Gasteiger partial charge in [-0.2, -0.15) is 0 Å². The van der Waals surface area contributed by atoms with Gasteiger partial charge in [0.1, 0.15) is 0 Å². The summed E-state index contributed by atoms with van der Waals surface area (Å²) in [5.41, 5.74) is 4.13. The lowest BCUT2D eigenvalue weighted by Crippen LogP contribution is -2.16. The van der Waals surface area contributed by atoms with Gasteiger partial charge in [0.25, 0.3) is 0 Å². The second-order valence-electron chi connectivity index (χ2n) is 6.06. The van der Waals surface area contributed by atoms with Gasteiger partial charge in [-0.3, -0.25) is 0 Å². The van der Waals surface area contributed by atoms with E-state index >= 15 is 0 Å². The van der Waals surface area contributed by atoms with Crippen molar-refractivity contribution >= 4 is 0 Å². The lowest BCUT2D eigenvalue weighted by molar-refractivity contribution is 0.340. The van der Waals surface area contributed by atoms with Gasteiger partial charge < -0.3 is 4.57 Å². The smallest absolute Gasteiger partial charge is 0.0948 e. The molecule has 0 spiro atoms. The summed E-state index contributed by atoms with van der Waals surface area (Å²) in [6, 6.07) is 8.64. The van der Waals surface area contributed by atoms with Crippen molar-refractivity contribution in [1.29, 1.82) is 0 Å². The average molecular weight is 242 g/mol. The first kappa shape index (κ1) is 12.9. The van der Waals surface area contributed by atoms with E-state index in [2.05, 4.69) is 61.5 Å². The van der Waals surface area contributed by atoms with Gasteiger partial charge in [0, 0.05) is 12.6 Å². The Hall–Kier alpha value is -1.57. The Morgan fingerprint density at radius 2 is 1.83 bits per heavy atom. The molecule has 1 heterocycles.